The molecule has 2 aromatic rings. The van der Waals surface area contributed by atoms with Crippen LogP contribution in [-0.4, -0.2) is 33.6 Å². The van der Waals surface area contributed by atoms with Crippen molar-refractivity contribution >= 4 is 33.0 Å². The fourth-order valence-corrected chi connectivity index (χ4v) is 4.18. The van der Waals surface area contributed by atoms with Crippen LogP contribution in [0.25, 0.3) is 10.9 Å². The molecule has 0 spiro atoms. The van der Waals surface area contributed by atoms with E-state index in [1.54, 1.807) is 0 Å². The Balaban J connectivity index is 2.61. The Kier molecular flexibility index (Phi) is 2.06. The molecule has 0 aliphatic carbocycles. The van der Waals surface area contributed by atoms with E-state index in [2.05, 4.69) is 36.1 Å². The standard InChI is InChI=1S/C6H4N3.3CH3.Sn/c1-2-7-3-5-4-8-9-6(1)5;;;;/h1,3-4H,(H,8,9);3*1H3;. The number of hydrogen-bond acceptors (Lipinski definition) is 2. The zero-order valence-electron chi connectivity index (χ0n) is 8.13. The van der Waals surface area contributed by atoms with E-state index >= 15 is 0 Å². The third-order valence-corrected chi connectivity index (χ3v) is 7.26. The van der Waals surface area contributed by atoms with Crippen LogP contribution in [0, 0.1) is 0 Å². The summed E-state index contributed by atoms with van der Waals surface area (Å²) in [7, 11) is 0. The van der Waals surface area contributed by atoms with Crippen LogP contribution in [0.3, 0.4) is 0 Å². The number of fused-ring (bicyclic) bond motifs is 1. The van der Waals surface area contributed by atoms with E-state index in [-0.39, 0.29) is 0 Å². The molecule has 0 saturated heterocycles. The van der Waals surface area contributed by atoms with Gasteiger partial charge in [-0.15, -0.1) is 0 Å². The van der Waals surface area contributed by atoms with Gasteiger partial charge in [-0.3, -0.25) is 0 Å². The van der Waals surface area contributed by atoms with Crippen LogP contribution in [0.15, 0.2) is 18.5 Å². The molecule has 1 N–H and O–H groups in total. The number of rotatable bonds is 1. The molecule has 0 aromatic carbocycles. The van der Waals surface area contributed by atoms with Crippen molar-refractivity contribution in [2.75, 3.05) is 0 Å². The molecule has 4 heteroatoms. The Morgan fingerprint density at radius 2 is 2.00 bits per heavy atom. The summed E-state index contributed by atoms with van der Waals surface area (Å²) in [5, 5.41) is 8.05. The van der Waals surface area contributed by atoms with Crippen LogP contribution in [0.5, 0.6) is 0 Å². The fourth-order valence-electron chi connectivity index (χ4n) is 1.25. The van der Waals surface area contributed by atoms with E-state index in [0.29, 0.717) is 0 Å². The van der Waals surface area contributed by atoms with Crippen LogP contribution in [0.2, 0.25) is 14.8 Å². The summed E-state index contributed by atoms with van der Waals surface area (Å²) < 4.78 is 1.30. The van der Waals surface area contributed by atoms with Gasteiger partial charge in [-0.25, -0.2) is 0 Å². The van der Waals surface area contributed by atoms with Gasteiger partial charge in [0.1, 0.15) is 0 Å². The quantitative estimate of drug-likeness (QED) is 0.805. The summed E-state index contributed by atoms with van der Waals surface area (Å²) >= 11 is -1.99. The second-order valence-corrected chi connectivity index (χ2v) is 18.6. The van der Waals surface area contributed by atoms with Crippen molar-refractivity contribution in [3.8, 4) is 0 Å². The first-order chi connectivity index (χ1) is 6.07. The average molecular weight is 282 g/mol. The van der Waals surface area contributed by atoms with Crippen molar-refractivity contribution < 1.29 is 0 Å². The summed E-state index contributed by atoms with van der Waals surface area (Å²) in [4.78, 5) is 11.6. The van der Waals surface area contributed by atoms with Gasteiger partial charge in [0, 0.05) is 0 Å². The van der Waals surface area contributed by atoms with Gasteiger partial charge in [0.05, 0.1) is 0 Å². The fraction of sp³-hybridized carbons (Fsp3) is 0.333. The third-order valence-electron chi connectivity index (χ3n) is 2.09. The predicted octanol–water partition coefficient (Wildman–Crippen LogP) is 1.50. The molecule has 2 aromatic heterocycles. The summed E-state index contributed by atoms with van der Waals surface area (Å²) in [6.07, 6.45) is 3.72. The first-order valence-corrected chi connectivity index (χ1v) is 14.4. The maximum atomic E-state index is 4.48. The number of aromatic amines is 1. The van der Waals surface area contributed by atoms with Crippen molar-refractivity contribution in [3.63, 3.8) is 0 Å². The summed E-state index contributed by atoms with van der Waals surface area (Å²) in [6, 6.07) is 2.15. The van der Waals surface area contributed by atoms with Crippen LogP contribution >= 0.6 is 0 Å². The van der Waals surface area contributed by atoms with E-state index < -0.39 is 18.4 Å². The molecule has 13 heavy (non-hydrogen) atoms. The van der Waals surface area contributed by atoms with Crippen molar-refractivity contribution in [2.45, 2.75) is 14.8 Å². The number of aromatic nitrogens is 3. The van der Waals surface area contributed by atoms with Gasteiger partial charge in [-0.05, 0) is 0 Å². The second kappa shape index (κ2) is 2.97. The normalized spacial score (nSPS) is 12.2. The van der Waals surface area contributed by atoms with Gasteiger partial charge in [0.15, 0.2) is 0 Å². The Labute approximate surface area is 81.4 Å². The number of nitrogens with one attached hydrogen (secondary N) is 1. The molecule has 68 valence electrons. The monoisotopic (exact) mass is 283 g/mol. The van der Waals surface area contributed by atoms with Crippen LogP contribution < -0.4 is 3.71 Å². The summed E-state index contributed by atoms with van der Waals surface area (Å²) in [5.41, 5.74) is 1.11. The maximum absolute atomic E-state index is 4.48. The van der Waals surface area contributed by atoms with Gasteiger partial charge in [0.25, 0.3) is 0 Å². The Hall–Kier alpha value is -0.581. The van der Waals surface area contributed by atoms with Gasteiger partial charge in [0.2, 0.25) is 0 Å². The van der Waals surface area contributed by atoms with E-state index in [4.69, 9.17) is 0 Å². The molecule has 3 nitrogen and oxygen atoms in total. The molecule has 0 aliphatic heterocycles. The van der Waals surface area contributed by atoms with Crippen molar-refractivity contribution in [2.24, 2.45) is 0 Å². The molecule has 0 aliphatic rings. The van der Waals surface area contributed by atoms with Crippen LogP contribution in [0.4, 0.5) is 0 Å². The first-order valence-electron chi connectivity index (χ1n) is 4.37. The van der Waals surface area contributed by atoms with Gasteiger partial charge < -0.3 is 0 Å². The van der Waals surface area contributed by atoms with Crippen molar-refractivity contribution in [1.82, 2.24) is 15.2 Å². The minimum absolute atomic E-state index is 1.10. The topological polar surface area (TPSA) is 41.6 Å². The Morgan fingerprint density at radius 1 is 1.23 bits per heavy atom. The van der Waals surface area contributed by atoms with Crippen molar-refractivity contribution in [3.05, 3.63) is 18.5 Å². The third kappa shape index (κ3) is 1.70. The number of pyridine rings is 1. The van der Waals surface area contributed by atoms with Gasteiger partial charge >= 0.3 is 81.5 Å². The van der Waals surface area contributed by atoms with Gasteiger partial charge in [-0.1, -0.05) is 0 Å². The molecule has 0 saturated carbocycles. The molecule has 0 radical (unpaired) electrons. The molecule has 0 atom stereocenters. The molecular weight excluding hydrogens is 269 g/mol. The molecule has 0 fully saturated rings. The van der Waals surface area contributed by atoms with E-state index in [1.165, 1.54) is 3.71 Å². The van der Waals surface area contributed by atoms with Crippen LogP contribution in [-0.2, 0) is 0 Å². The zero-order valence-corrected chi connectivity index (χ0v) is 11.0. The van der Waals surface area contributed by atoms with E-state index in [9.17, 15) is 0 Å². The van der Waals surface area contributed by atoms with Crippen LogP contribution in [0.1, 0.15) is 0 Å². The van der Waals surface area contributed by atoms with E-state index in [0.717, 1.165) is 10.9 Å². The molecule has 0 unspecified atom stereocenters. The Bertz CT molecular complexity index is 428. The number of nitrogens with zero attached hydrogens (tertiary/aromatic N) is 2. The molecular formula is C9H13N3Sn. The molecule has 2 rings (SSSR count). The van der Waals surface area contributed by atoms with Crippen molar-refractivity contribution in [1.29, 1.82) is 0 Å². The average Bonchev–Trinajstić information content (AvgIpc) is 2.47. The molecule has 0 bridgehead atoms. The predicted molar refractivity (Wildman–Crippen MR) is 56.9 cm³/mol. The first kappa shape index (κ1) is 8.99. The van der Waals surface area contributed by atoms with E-state index in [1.807, 2.05) is 12.4 Å². The Morgan fingerprint density at radius 3 is 2.69 bits per heavy atom. The minimum atomic E-state index is -1.99. The molecule has 0 amide bonds. The van der Waals surface area contributed by atoms with Gasteiger partial charge in [-0.2, -0.15) is 0 Å². The number of H-pyrrole nitrogens is 1. The number of hydrogen-bond donors (Lipinski definition) is 1. The SMILES string of the molecule is [CH3][Sn]([CH3])([CH3])[c]1cc2[nH]ncc2cn1. The summed E-state index contributed by atoms with van der Waals surface area (Å²) in [6.45, 7) is 0. The summed E-state index contributed by atoms with van der Waals surface area (Å²) in [5.74, 6) is 0. The zero-order chi connectivity index (χ0) is 9.47. The molecule has 2 heterocycles. The second-order valence-electron chi connectivity index (χ2n) is 4.28.